The average molecular weight is 415 g/mol. The van der Waals surface area contributed by atoms with E-state index in [0.29, 0.717) is 23.1 Å². The van der Waals surface area contributed by atoms with Gasteiger partial charge in [-0.15, -0.1) is 0 Å². The summed E-state index contributed by atoms with van der Waals surface area (Å²) < 4.78 is 79.6. The molecule has 1 aromatic heterocycles. The molecule has 0 spiro atoms. The van der Waals surface area contributed by atoms with Crippen molar-refractivity contribution in [3.8, 4) is 11.1 Å². The molecular weight excluding hydrogens is 404 g/mol. The normalized spacial score (nSPS) is 13.0. The van der Waals surface area contributed by atoms with Crippen LogP contribution in [-0.4, -0.2) is 4.98 Å². The van der Waals surface area contributed by atoms with Crippen molar-refractivity contribution in [3.63, 3.8) is 0 Å². The van der Waals surface area contributed by atoms with Crippen LogP contribution in [0.5, 0.6) is 0 Å². The van der Waals surface area contributed by atoms with Crippen molar-refractivity contribution >= 4 is 32.3 Å². The highest BCUT2D eigenvalue weighted by molar-refractivity contribution is 6.25. The van der Waals surface area contributed by atoms with Crippen molar-refractivity contribution in [2.24, 2.45) is 0 Å². The highest BCUT2D eigenvalue weighted by Gasteiger charge is 2.39. The second-order valence-electron chi connectivity index (χ2n) is 7.09. The third-order valence-electron chi connectivity index (χ3n) is 5.25. The van der Waals surface area contributed by atoms with E-state index in [1.165, 1.54) is 0 Å². The number of halogens is 6. The number of rotatable bonds is 1. The van der Waals surface area contributed by atoms with Gasteiger partial charge in [0.2, 0.25) is 0 Å². The van der Waals surface area contributed by atoms with Crippen LogP contribution in [0.3, 0.4) is 0 Å². The molecule has 5 rings (SSSR count). The van der Waals surface area contributed by atoms with Crippen LogP contribution < -0.4 is 0 Å². The lowest BCUT2D eigenvalue weighted by molar-refractivity contribution is -0.150. The van der Waals surface area contributed by atoms with Crippen molar-refractivity contribution in [1.29, 1.82) is 0 Å². The Kier molecular flexibility index (Phi) is 3.78. The van der Waals surface area contributed by atoms with Gasteiger partial charge in [0, 0.05) is 0 Å². The third-order valence-corrected chi connectivity index (χ3v) is 5.25. The van der Waals surface area contributed by atoms with Crippen LogP contribution in [0.25, 0.3) is 43.4 Å². The van der Waals surface area contributed by atoms with E-state index in [4.69, 9.17) is 0 Å². The molecule has 0 aliphatic rings. The molecule has 5 aromatic rings. The van der Waals surface area contributed by atoms with E-state index in [1.807, 2.05) is 36.4 Å². The zero-order valence-electron chi connectivity index (χ0n) is 15.1. The zero-order chi connectivity index (χ0) is 21.3. The van der Waals surface area contributed by atoms with Crippen LogP contribution in [0, 0.1) is 0 Å². The van der Waals surface area contributed by atoms with Crippen molar-refractivity contribution in [2.75, 3.05) is 0 Å². The minimum Gasteiger partial charge on any atom is -0.239 e. The molecule has 0 atom stereocenters. The molecule has 1 nitrogen and oxygen atoms in total. The van der Waals surface area contributed by atoms with Crippen LogP contribution in [0.2, 0.25) is 0 Å². The first-order valence-corrected chi connectivity index (χ1v) is 8.96. The topological polar surface area (TPSA) is 12.9 Å². The van der Waals surface area contributed by atoms with Crippen molar-refractivity contribution in [2.45, 2.75) is 12.4 Å². The molecule has 0 aliphatic carbocycles. The molecule has 4 aromatic carbocycles. The summed E-state index contributed by atoms with van der Waals surface area (Å²) in [4.78, 5) is 2.81. The first kappa shape index (κ1) is 18.7. The molecule has 0 amide bonds. The number of nitrogens with zero attached hydrogens (tertiary/aromatic N) is 1. The Hall–Kier alpha value is -3.35. The Morgan fingerprint density at radius 2 is 1.07 bits per heavy atom. The molecule has 0 unspecified atom stereocenters. The molecule has 150 valence electrons. The first-order valence-electron chi connectivity index (χ1n) is 8.96. The fourth-order valence-electron chi connectivity index (χ4n) is 3.96. The van der Waals surface area contributed by atoms with Gasteiger partial charge in [-0.25, -0.2) is 4.98 Å². The summed E-state index contributed by atoms with van der Waals surface area (Å²) >= 11 is 0. The maximum atomic E-state index is 13.3. The monoisotopic (exact) mass is 415 g/mol. The largest absolute Gasteiger partial charge is 0.433 e. The Bertz CT molecular complexity index is 1370. The third kappa shape index (κ3) is 2.84. The van der Waals surface area contributed by atoms with Gasteiger partial charge in [-0.3, -0.25) is 0 Å². The molecule has 30 heavy (non-hydrogen) atoms. The lowest BCUT2D eigenvalue weighted by Crippen LogP contribution is -2.15. The number of benzene rings is 4. The minimum atomic E-state index is -5.00. The Morgan fingerprint density at radius 3 is 1.63 bits per heavy atom. The molecular formula is C23H11F6N. The fourth-order valence-corrected chi connectivity index (χ4v) is 3.96. The highest BCUT2D eigenvalue weighted by atomic mass is 19.4. The van der Waals surface area contributed by atoms with E-state index in [9.17, 15) is 26.3 Å². The van der Waals surface area contributed by atoms with E-state index in [1.54, 1.807) is 18.2 Å². The van der Waals surface area contributed by atoms with E-state index in [-0.39, 0.29) is 5.56 Å². The van der Waals surface area contributed by atoms with Gasteiger partial charge in [0.15, 0.2) is 0 Å². The lowest BCUT2D eigenvalue weighted by atomic mass is 9.90. The van der Waals surface area contributed by atoms with Crippen LogP contribution >= 0.6 is 0 Å². The average Bonchev–Trinajstić information content (AvgIpc) is 2.70. The minimum absolute atomic E-state index is 0.178. The smallest absolute Gasteiger partial charge is 0.239 e. The van der Waals surface area contributed by atoms with Crippen LogP contribution in [0.1, 0.15) is 11.4 Å². The number of hydrogen-bond donors (Lipinski definition) is 0. The number of aromatic nitrogens is 1. The summed E-state index contributed by atoms with van der Waals surface area (Å²) in [6.45, 7) is 0. The number of hydrogen-bond acceptors (Lipinski definition) is 1. The summed E-state index contributed by atoms with van der Waals surface area (Å²) in [7, 11) is 0. The second kappa shape index (κ2) is 6.08. The fraction of sp³-hybridized carbons (Fsp3) is 0.0870. The maximum Gasteiger partial charge on any atom is 0.433 e. The van der Waals surface area contributed by atoms with Crippen LogP contribution in [0.15, 0.2) is 66.7 Å². The number of alkyl halides is 6. The van der Waals surface area contributed by atoms with Crippen molar-refractivity contribution in [3.05, 3.63) is 78.1 Å². The summed E-state index contributed by atoms with van der Waals surface area (Å²) in [5.41, 5.74) is -3.03. The molecule has 0 radical (unpaired) electrons. The molecule has 7 heteroatoms. The molecule has 0 saturated carbocycles. The van der Waals surface area contributed by atoms with Gasteiger partial charge in [-0.2, -0.15) is 26.3 Å². The second-order valence-corrected chi connectivity index (χ2v) is 7.09. The first-order chi connectivity index (χ1) is 14.1. The Balaban J connectivity index is 1.87. The van der Waals surface area contributed by atoms with Gasteiger partial charge in [-0.05, 0) is 55.6 Å². The molecule has 1 heterocycles. The number of pyridine rings is 1. The van der Waals surface area contributed by atoms with Crippen LogP contribution in [0.4, 0.5) is 26.3 Å². The molecule has 0 bridgehead atoms. The standard InChI is InChI=1S/C23H11F6N/c24-22(25,26)18-10-15(11-19(30-18)23(27,28)29)16-8-6-14-5-4-12-2-1-3-13-7-9-17(16)21(14)20(12)13/h1-11H. The van der Waals surface area contributed by atoms with Crippen LogP contribution in [-0.2, 0) is 12.4 Å². The van der Waals surface area contributed by atoms with Crippen molar-refractivity contribution < 1.29 is 26.3 Å². The molecule has 0 saturated heterocycles. The van der Waals surface area contributed by atoms with Gasteiger partial charge >= 0.3 is 12.4 Å². The van der Waals surface area contributed by atoms with Gasteiger partial charge in [0.1, 0.15) is 11.4 Å². The van der Waals surface area contributed by atoms with E-state index < -0.39 is 23.7 Å². The molecule has 0 N–H and O–H groups in total. The van der Waals surface area contributed by atoms with E-state index in [2.05, 4.69) is 4.98 Å². The van der Waals surface area contributed by atoms with Crippen molar-refractivity contribution in [1.82, 2.24) is 4.98 Å². The SMILES string of the molecule is FC(F)(F)c1cc(-c2ccc3ccc4cccc5ccc2c3c45)cc(C(F)(F)F)n1. The summed E-state index contributed by atoms with van der Waals surface area (Å²) in [6.07, 6.45) is -10.0. The summed E-state index contributed by atoms with van der Waals surface area (Å²) in [5, 5.41) is 5.08. The highest BCUT2D eigenvalue weighted by Crippen LogP contribution is 2.41. The predicted molar refractivity (Wildman–Crippen MR) is 103 cm³/mol. The summed E-state index contributed by atoms with van der Waals surface area (Å²) in [6, 6.07) is 17.7. The zero-order valence-corrected chi connectivity index (χ0v) is 15.1. The van der Waals surface area contributed by atoms with Gasteiger partial charge in [0.25, 0.3) is 0 Å². The maximum absolute atomic E-state index is 13.3. The van der Waals surface area contributed by atoms with Gasteiger partial charge < -0.3 is 0 Å². The van der Waals surface area contributed by atoms with E-state index >= 15 is 0 Å². The van der Waals surface area contributed by atoms with E-state index in [0.717, 1.165) is 26.9 Å². The predicted octanol–water partition coefficient (Wildman–Crippen LogP) is 7.68. The van der Waals surface area contributed by atoms with Gasteiger partial charge in [-0.1, -0.05) is 54.6 Å². The molecule has 0 aliphatic heterocycles. The van der Waals surface area contributed by atoms with Gasteiger partial charge in [0.05, 0.1) is 0 Å². The Morgan fingerprint density at radius 1 is 0.567 bits per heavy atom. The lowest BCUT2D eigenvalue weighted by Gasteiger charge is -2.16. The summed E-state index contributed by atoms with van der Waals surface area (Å²) in [5.74, 6) is 0. The Labute approximate surface area is 165 Å². The quantitative estimate of drug-likeness (QED) is 0.202. The molecule has 0 fully saturated rings.